The van der Waals surface area contributed by atoms with Crippen molar-refractivity contribution in [1.29, 1.82) is 0 Å². The van der Waals surface area contributed by atoms with Crippen LogP contribution in [0.3, 0.4) is 0 Å². The van der Waals surface area contributed by atoms with Crippen LogP contribution in [0.25, 0.3) is 0 Å². The summed E-state index contributed by atoms with van der Waals surface area (Å²) in [6, 6.07) is 3.93. The second-order valence-electron chi connectivity index (χ2n) is 5.72. The van der Waals surface area contributed by atoms with Crippen molar-refractivity contribution in [3.05, 3.63) is 23.3 Å². The van der Waals surface area contributed by atoms with E-state index in [1.165, 1.54) is 5.56 Å². The van der Waals surface area contributed by atoms with Gasteiger partial charge >= 0.3 is 0 Å². The van der Waals surface area contributed by atoms with Crippen LogP contribution in [0, 0.1) is 6.92 Å². The second kappa shape index (κ2) is 7.33. The molecule has 0 radical (unpaired) electrons. The highest BCUT2D eigenvalue weighted by Crippen LogP contribution is 2.29. The smallest absolute Gasteiger partial charge is 0.152 e. The van der Waals surface area contributed by atoms with Crippen molar-refractivity contribution in [2.24, 2.45) is 0 Å². The standard InChI is InChI=1S/C16H25NO4S/c1-13-11-14(20-2)12-16(21-3)15(13)5-4-6-17-7-9-22(18,19)10-8-17/h11-12H,4-10H2,1-3H3. The minimum atomic E-state index is -2.79. The number of aryl methyl sites for hydroxylation is 1. The lowest BCUT2D eigenvalue weighted by Crippen LogP contribution is -2.40. The molecule has 1 saturated heterocycles. The fourth-order valence-corrected chi connectivity index (χ4v) is 4.10. The number of hydrogen-bond acceptors (Lipinski definition) is 5. The molecule has 0 atom stereocenters. The number of benzene rings is 1. The quantitative estimate of drug-likeness (QED) is 0.795. The molecule has 5 nitrogen and oxygen atoms in total. The highest BCUT2D eigenvalue weighted by atomic mass is 32.2. The predicted molar refractivity (Wildman–Crippen MR) is 87.7 cm³/mol. The topological polar surface area (TPSA) is 55.8 Å². The molecule has 1 aromatic carbocycles. The third kappa shape index (κ3) is 4.36. The van der Waals surface area contributed by atoms with Crippen molar-refractivity contribution in [1.82, 2.24) is 4.90 Å². The Balaban J connectivity index is 1.92. The molecule has 0 aromatic heterocycles. The lowest BCUT2D eigenvalue weighted by molar-refractivity contribution is 0.291. The molecule has 0 unspecified atom stereocenters. The van der Waals surface area contributed by atoms with Gasteiger partial charge in [-0.15, -0.1) is 0 Å². The van der Waals surface area contributed by atoms with Crippen LogP contribution in [0.2, 0.25) is 0 Å². The van der Waals surface area contributed by atoms with Gasteiger partial charge in [-0.3, -0.25) is 0 Å². The van der Waals surface area contributed by atoms with E-state index >= 15 is 0 Å². The normalized spacial score (nSPS) is 18.1. The first-order chi connectivity index (χ1) is 10.4. The average molecular weight is 327 g/mol. The minimum absolute atomic E-state index is 0.290. The molecular weight excluding hydrogens is 302 g/mol. The Morgan fingerprint density at radius 2 is 1.82 bits per heavy atom. The van der Waals surface area contributed by atoms with Crippen LogP contribution in [0.5, 0.6) is 11.5 Å². The van der Waals surface area contributed by atoms with Gasteiger partial charge in [0.2, 0.25) is 0 Å². The molecule has 0 saturated carbocycles. The van der Waals surface area contributed by atoms with Crippen LogP contribution in [-0.4, -0.2) is 58.7 Å². The van der Waals surface area contributed by atoms with Crippen LogP contribution >= 0.6 is 0 Å². The summed E-state index contributed by atoms with van der Waals surface area (Å²) in [6.07, 6.45) is 1.91. The fourth-order valence-electron chi connectivity index (χ4n) is 2.83. The highest BCUT2D eigenvalue weighted by Gasteiger charge is 2.21. The lowest BCUT2D eigenvalue weighted by Gasteiger charge is -2.26. The Morgan fingerprint density at radius 3 is 2.41 bits per heavy atom. The van der Waals surface area contributed by atoms with Crippen molar-refractivity contribution in [2.45, 2.75) is 19.8 Å². The maximum atomic E-state index is 11.4. The molecule has 6 heteroatoms. The van der Waals surface area contributed by atoms with E-state index in [-0.39, 0.29) is 11.5 Å². The molecule has 1 aliphatic heterocycles. The zero-order valence-corrected chi connectivity index (χ0v) is 14.4. The van der Waals surface area contributed by atoms with Crippen molar-refractivity contribution in [2.75, 3.05) is 45.4 Å². The molecule has 0 aliphatic carbocycles. The Labute approximate surface area is 133 Å². The first-order valence-electron chi connectivity index (χ1n) is 7.59. The summed E-state index contributed by atoms with van der Waals surface area (Å²) >= 11 is 0. The fraction of sp³-hybridized carbons (Fsp3) is 0.625. The number of rotatable bonds is 6. The van der Waals surface area contributed by atoms with E-state index in [2.05, 4.69) is 11.8 Å². The number of nitrogens with zero attached hydrogens (tertiary/aromatic N) is 1. The number of sulfone groups is 1. The molecule has 22 heavy (non-hydrogen) atoms. The number of methoxy groups -OCH3 is 2. The summed E-state index contributed by atoms with van der Waals surface area (Å²) < 4.78 is 33.6. The molecule has 0 N–H and O–H groups in total. The molecule has 2 rings (SSSR count). The molecule has 1 aliphatic rings. The Morgan fingerprint density at radius 1 is 1.14 bits per heavy atom. The van der Waals surface area contributed by atoms with E-state index < -0.39 is 9.84 Å². The van der Waals surface area contributed by atoms with E-state index in [0.29, 0.717) is 13.1 Å². The van der Waals surface area contributed by atoms with E-state index in [1.807, 2.05) is 12.1 Å². The van der Waals surface area contributed by atoms with Crippen molar-refractivity contribution in [3.63, 3.8) is 0 Å². The molecule has 1 heterocycles. The number of ether oxygens (including phenoxy) is 2. The average Bonchev–Trinajstić information content (AvgIpc) is 2.49. The molecule has 0 amide bonds. The highest BCUT2D eigenvalue weighted by molar-refractivity contribution is 7.91. The monoisotopic (exact) mass is 327 g/mol. The minimum Gasteiger partial charge on any atom is -0.497 e. The third-order valence-corrected chi connectivity index (χ3v) is 5.81. The first-order valence-corrected chi connectivity index (χ1v) is 9.41. The van der Waals surface area contributed by atoms with Gasteiger partial charge in [-0.2, -0.15) is 0 Å². The number of hydrogen-bond donors (Lipinski definition) is 0. The van der Waals surface area contributed by atoms with Crippen LogP contribution in [0.4, 0.5) is 0 Å². The summed E-state index contributed by atoms with van der Waals surface area (Å²) in [7, 11) is 0.531. The van der Waals surface area contributed by atoms with Crippen molar-refractivity contribution < 1.29 is 17.9 Å². The van der Waals surface area contributed by atoms with Gasteiger partial charge in [0.25, 0.3) is 0 Å². The summed E-state index contributed by atoms with van der Waals surface area (Å²) in [5.74, 6) is 2.24. The maximum Gasteiger partial charge on any atom is 0.152 e. The lowest BCUT2D eigenvalue weighted by atomic mass is 10.0. The Bertz CT molecular complexity index is 599. The van der Waals surface area contributed by atoms with E-state index in [4.69, 9.17) is 9.47 Å². The van der Waals surface area contributed by atoms with Gasteiger partial charge in [0.15, 0.2) is 9.84 Å². The first kappa shape index (κ1) is 17.1. The summed E-state index contributed by atoms with van der Waals surface area (Å²) in [4.78, 5) is 2.23. The summed E-state index contributed by atoms with van der Waals surface area (Å²) in [6.45, 7) is 4.29. The molecule has 0 bridgehead atoms. The zero-order valence-electron chi connectivity index (χ0n) is 13.6. The second-order valence-corrected chi connectivity index (χ2v) is 8.03. The van der Waals surface area contributed by atoms with Crippen LogP contribution in [0.1, 0.15) is 17.5 Å². The van der Waals surface area contributed by atoms with Gasteiger partial charge in [0.05, 0.1) is 25.7 Å². The van der Waals surface area contributed by atoms with E-state index in [9.17, 15) is 8.42 Å². The van der Waals surface area contributed by atoms with Gasteiger partial charge in [-0.25, -0.2) is 8.42 Å². The molecule has 0 spiro atoms. The van der Waals surface area contributed by atoms with Crippen LogP contribution in [-0.2, 0) is 16.3 Å². The van der Waals surface area contributed by atoms with Gasteiger partial charge < -0.3 is 14.4 Å². The van der Waals surface area contributed by atoms with Crippen LogP contribution < -0.4 is 9.47 Å². The zero-order chi connectivity index (χ0) is 16.2. The third-order valence-electron chi connectivity index (χ3n) is 4.20. The summed E-state index contributed by atoms with van der Waals surface area (Å²) in [5, 5.41) is 0. The Hall–Kier alpha value is -1.27. The van der Waals surface area contributed by atoms with E-state index in [1.54, 1.807) is 14.2 Å². The largest absolute Gasteiger partial charge is 0.497 e. The predicted octanol–water partition coefficient (Wildman–Crippen LogP) is 1.68. The molecule has 1 fully saturated rings. The SMILES string of the molecule is COc1cc(C)c(CCCN2CCS(=O)(=O)CC2)c(OC)c1. The molecular formula is C16H25NO4S. The van der Waals surface area contributed by atoms with Crippen molar-refractivity contribution in [3.8, 4) is 11.5 Å². The molecule has 1 aromatic rings. The van der Waals surface area contributed by atoms with Gasteiger partial charge in [-0.05, 0) is 43.5 Å². The maximum absolute atomic E-state index is 11.4. The summed E-state index contributed by atoms with van der Waals surface area (Å²) in [5.41, 5.74) is 2.37. The molecule has 124 valence electrons. The van der Waals surface area contributed by atoms with Gasteiger partial charge in [-0.1, -0.05) is 0 Å². The van der Waals surface area contributed by atoms with Crippen LogP contribution in [0.15, 0.2) is 12.1 Å². The Kier molecular flexibility index (Phi) is 5.69. The van der Waals surface area contributed by atoms with Gasteiger partial charge in [0.1, 0.15) is 11.5 Å². The van der Waals surface area contributed by atoms with Crippen molar-refractivity contribution >= 4 is 9.84 Å². The van der Waals surface area contributed by atoms with E-state index in [0.717, 1.165) is 36.4 Å². The van der Waals surface area contributed by atoms with Gasteiger partial charge in [0, 0.05) is 19.2 Å².